The van der Waals surface area contributed by atoms with Crippen molar-refractivity contribution in [1.29, 1.82) is 0 Å². The minimum atomic E-state index is -5.57. The molecule has 1 unspecified atom stereocenters. The molecule has 0 aromatic heterocycles. The maximum atomic E-state index is 12.2. The fourth-order valence-electron chi connectivity index (χ4n) is 0.774. The van der Waals surface area contributed by atoms with E-state index in [1.165, 1.54) is 5.32 Å². The van der Waals surface area contributed by atoms with Gasteiger partial charge in [0.25, 0.3) is 0 Å². The van der Waals surface area contributed by atoms with Crippen molar-refractivity contribution in [2.24, 2.45) is 0 Å². The summed E-state index contributed by atoms with van der Waals surface area (Å²) in [4.78, 5) is 0. The van der Waals surface area contributed by atoms with Crippen LogP contribution >= 0.6 is 0 Å². The van der Waals surface area contributed by atoms with E-state index < -0.39 is 36.5 Å². The number of nitrogens with one attached hydrogen (secondary N) is 1. The van der Waals surface area contributed by atoms with Crippen LogP contribution in [-0.4, -0.2) is 31.2 Å². The number of allylic oxidation sites excluding steroid dienone is 1. The van der Waals surface area contributed by atoms with Gasteiger partial charge >= 0.3 is 12.4 Å². The topological polar surface area (TPSA) is 85.8 Å². The summed E-state index contributed by atoms with van der Waals surface area (Å²) < 4.78 is 72.0. The molecule has 0 amide bonds. The third-order valence-corrected chi connectivity index (χ3v) is 1.60. The highest BCUT2D eigenvalue weighted by Crippen LogP contribution is 2.30. The van der Waals surface area contributed by atoms with Gasteiger partial charge in [0.1, 0.15) is 0 Å². The first kappa shape index (κ1) is 16.0. The van der Waals surface area contributed by atoms with E-state index in [1.54, 1.807) is 0 Å². The lowest BCUT2D eigenvalue weighted by Crippen LogP contribution is -2.68. The largest absolute Gasteiger partial charge is 0.870 e. The molecule has 0 aromatic carbocycles. The van der Waals surface area contributed by atoms with Crippen LogP contribution in [0.15, 0.2) is 11.8 Å². The second kappa shape index (κ2) is 5.10. The molecular formula is C7H9F6N2O2-. The average Bonchev–Trinajstić information content (AvgIpc) is 2.11. The quantitative estimate of drug-likeness (QED) is 0.359. The van der Waals surface area contributed by atoms with E-state index >= 15 is 0 Å². The zero-order chi connectivity index (χ0) is 13.9. The highest BCUT2D eigenvalue weighted by atomic mass is 19.4. The molecule has 0 saturated carbocycles. The van der Waals surface area contributed by atoms with Crippen molar-refractivity contribution in [1.82, 2.24) is 5.32 Å². The van der Waals surface area contributed by atoms with Crippen molar-refractivity contribution in [3.63, 3.8) is 0 Å². The predicted octanol–water partition coefficient (Wildman–Crippen LogP) is -1.76. The molecule has 4 N–H and O–H groups in total. The first-order chi connectivity index (χ1) is 7.44. The van der Waals surface area contributed by atoms with Crippen LogP contribution in [0.4, 0.5) is 26.3 Å². The van der Waals surface area contributed by atoms with Gasteiger partial charge in [0, 0.05) is 6.54 Å². The van der Waals surface area contributed by atoms with Gasteiger partial charge in [0.15, 0.2) is 0 Å². The number of hydrogen-bond donors (Lipinski definition) is 2. The normalized spacial score (nSPS) is 18.0. The Kier molecular flexibility index (Phi) is 4.80. The van der Waals surface area contributed by atoms with Gasteiger partial charge in [-0.25, -0.2) is 0 Å². The smallest absolute Gasteiger partial charge is 0.402 e. The van der Waals surface area contributed by atoms with Crippen LogP contribution < -0.4 is 21.3 Å². The molecule has 10 heteroatoms. The molecule has 0 aliphatic carbocycles. The van der Waals surface area contributed by atoms with Gasteiger partial charge in [-0.05, 0) is 5.76 Å². The summed E-state index contributed by atoms with van der Waals surface area (Å²) in [6, 6.07) is 0. The summed E-state index contributed by atoms with van der Waals surface area (Å²) in [6.07, 6.45) is -12.0. The lowest BCUT2D eigenvalue weighted by molar-refractivity contribution is -0.534. The number of alkyl halides is 6. The summed E-state index contributed by atoms with van der Waals surface area (Å²) in [5.74, 6) is -2.85. The van der Waals surface area contributed by atoms with E-state index in [9.17, 15) is 36.6 Å². The Balaban J connectivity index is 5.22. The molecule has 0 heterocycles. The van der Waals surface area contributed by atoms with Gasteiger partial charge in [-0.15, -0.1) is 0 Å². The summed E-state index contributed by atoms with van der Waals surface area (Å²) in [5.41, 5.74) is -1.16. The standard InChI is InChI=1S/C7H9F6N2O2/c8-6(9,10)4(16)3-5(17,7(11,12)13)15-2-1-14/h3,15-16H,1-2,14H2/q-1/b4-3-. The average molecular weight is 267 g/mol. The van der Waals surface area contributed by atoms with Crippen LogP contribution in [0.3, 0.4) is 0 Å². The molecular weight excluding hydrogens is 258 g/mol. The molecule has 0 spiro atoms. The Bertz CT molecular complexity index is 287. The van der Waals surface area contributed by atoms with E-state index in [4.69, 9.17) is 0 Å². The highest BCUT2D eigenvalue weighted by Gasteiger charge is 2.44. The van der Waals surface area contributed by atoms with Crippen molar-refractivity contribution in [2.45, 2.75) is 18.1 Å². The first-order valence-corrected chi connectivity index (χ1v) is 4.22. The Labute approximate surface area is 91.7 Å². The van der Waals surface area contributed by atoms with Gasteiger partial charge < -0.3 is 21.3 Å². The molecule has 0 aromatic rings. The zero-order valence-electron chi connectivity index (χ0n) is 8.28. The Morgan fingerprint density at radius 3 is 1.94 bits per heavy atom. The number of quaternary nitrogens is 1. The second-order valence-corrected chi connectivity index (χ2v) is 3.02. The minimum Gasteiger partial charge on any atom is -0.870 e. The SMILES string of the molecule is [NH3+]CCNC([O-])(/C=C(\[O-])C(F)(F)F)C(F)(F)F. The van der Waals surface area contributed by atoms with Crippen molar-refractivity contribution < 1.29 is 42.3 Å². The zero-order valence-corrected chi connectivity index (χ0v) is 8.28. The molecule has 0 fully saturated rings. The molecule has 102 valence electrons. The molecule has 17 heavy (non-hydrogen) atoms. The van der Waals surface area contributed by atoms with Crippen LogP contribution in [0, 0.1) is 0 Å². The fraction of sp³-hybridized carbons (Fsp3) is 0.714. The molecule has 1 atom stereocenters. The van der Waals surface area contributed by atoms with Crippen LogP contribution in [0.5, 0.6) is 0 Å². The third-order valence-electron chi connectivity index (χ3n) is 1.60. The maximum Gasteiger partial charge on any atom is 0.402 e. The number of rotatable bonds is 4. The third kappa shape index (κ3) is 4.40. The van der Waals surface area contributed by atoms with E-state index in [1.807, 2.05) is 0 Å². The van der Waals surface area contributed by atoms with E-state index in [2.05, 4.69) is 5.73 Å². The van der Waals surface area contributed by atoms with Crippen LogP contribution in [0.25, 0.3) is 0 Å². The monoisotopic (exact) mass is 267 g/mol. The fourth-order valence-corrected chi connectivity index (χ4v) is 0.774. The van der Waals surface area contributed by atoms with Gasteiger partial charge in [0.2, 0.25) is 0 Å². The summed E-state index contributed by atoms with van der Waals surface area (Å²) >= 11 is 0. The Morgan fingerprint density at radius 2 is 1.65 bits per heavy atom. The molecule has 4 nitrogen and oxygen atoms in total. The van der Waals surface area contributed by atoms with Gasteiger partial charge in [-0.3, -0.25) is 0 Å². The van der Waals surface area contributed by atoms with Crippen LogP contribution in [0.1, 0.15) is 0 Å². The molecule has 0 saturated heterocycles. The van der Waals surface area contributed by atoms with Crippen molar-refractivity contribution >= 4 is 0 Å². The molecule has 0 aliphatic rings. The van der Waals surface area contributed by atoms with E-state index in [0.717, 1.165) is 0 Å². The van der Waals surface area contributed by atoms with Crippen LogP contribution in [-0.2, 0) is 0 Å². The molecule has 0 aliphatic heterocycles. The lowest BCUT2D eigenvalue weighted by Gasteiger charge is -2.41. The Hall–Kier alpha value is -1.00. The Morgan fingerprint density at radius 1 is 1.18 bits per heavy atom. The summed E-state index contributed by atoms with van der Waals surface area (Å²) in [6.45, 7) is -0.737. The van der Waals surface area contributed by atoms with Crippen LogP contribution in [0.2, 0.25) is 0 Å². The number of hydrogen-bond acceptors (Lipinski definition) is 3. The minimum absolute atomic E-state index is 0.159. The van der Waals surface area contributed by atoms with Gasteiger partial charge in [-0.1, -0.05) is 6.08 Å². The summed E-state index contributed by atoms with van der Waals surface area (Å²) in [7, 11) is 0. The highest BCUT2D eigenvalue weighted by molar-refractivity contribution is 5.09. The molecule has 0 radical (unpaired) electrons. The molecule has 0 bridgehead atoms. The first-order valence-electron chi connectivity index (χ1n) is 4.22. The van der Waals surface area contributed by atoms with Crippen molar-refractivity contribution in [3.05, 3.63) is 11.8 Å². The summed E-state index contributed by atoms with van der Waals surface area (Å²) in [5, 5.41) is 22.7. The van der Waals surface area contributed by atoms with Gasteiger partial charge in [0.05, 0.1) is 12.3 Å². The van der Waals surface area contributed by atoms with Crippen molar-refractivity contribution in [2.75, 3.05) is 13.1 Å². The number of halogens is 6. The molecule has 0 rings (SSSR count). The van der Waals surface area contributed by atoms with Gasteiger partial charge in [-0.2, -0.15) is 26.3 Å². The predicted molar refractivity (Wildman–Crippen MR) is 38.7 cm³/mol. The maximum absolute atomic E-state index is 12.2. The van der Waals surface area contributed by atoms with E-state index in [-0.39, 0.29) is 6.54 Å². The lowest BCUT2D eigenvalue weighted by atomic mass is 10.1. The van der Waals surface area contributed by atoms with E-state index in [0.29, 0.717) is 0 Å². The van der Waals surface area contributed by atoms with Crippen molar-refractivity contribution in [3.8, 4) is 0 Å². The second-order valence-electron chi connectivity index (χ2n) is 3.02.